The van der Waals surface area contributed by atoms with E-state index in [1.807, 2.05) is 11.8 Å². The fourth-order valence-corrected chi connectivity index (χ4v) is 3.80. The van der Waals surface area contributed by atoms with E-state index in [0.717, 1.165) is 6.42 Å². The molecule has 1 nitrogen and oxygen atoms in total. The van der Waals surface area contributed by atoms with Crippen LogP contribution in [0.2, 0.25) is 0 Å². The van der Waals surface area contributed by atoms with E-state index in [-0.39, 0.29) is 0 Å². The molecule has 1 heterocycles. The molecule has 19 heavy (non-hydrogen) atoms. The Morgan fingerprint density at radius 3 is 2.16 bits per heavy atom. The summed E-state index contributed by atoms with van der Waals surface area (Å²) in [5.41, 5.74) is 0.347. The summed E-state index contributed by atoms with van der Waals surface area (Å²) in [7, 11) is 0. The molecule has 3 atom stereocenters. The van der Waals surface area contributed by atoms with E-state index in [9.17, 15) is 0 Å². The normalized spacial score (nSPS) is 31.9. The quantitative estimate of drug-likeness (QED) is 0.645. The molecule has 0 aliphatic carbocycles. The second-order valence-electron chi connectivity index (χ2n) is 6.73. The van der Waals surface area contributed by atoms with Crippen molar-refractivity contribution in [3.63, 3.8) is 0 Å². The highest BCUT2D eigenvalue weighted by Crippen LogP contribution is 2.33. The topological polar surface area (TPSA) is 9.23 Å². The Morgan fingerprint density at radius 2 is 1.63 bits per heavy atom. The lowest BCUT2D eigenvalue weighted by molar-refractivity contribution is -0.0563. The SMILES string of the molecule is CC(C)C1OC(C(C)C)C(C(C)C)C/C=C\CCS1. The van der Waals surface area contributed by atoms with E-state index >= 15 is 0 Å². The Balaban J connectivity index is 2.90. The third-order valence-electron chi connectivity index (χ3n) is 3.91. The summed E-state index contributed by atoms with van der Waals surface area (Å²) in [6, 6.07) is 0. The van der Waals surface area contributed by atoms with Crippen molar-refractivity contribution >= 4 is 11.8 Å². The number of allylic oxidation sites excluding steroid dienone is 2. The van der Waals surface area contributed by atoms with Crippen molar-refractivity contribution < 1.29 is 4.74 Å². The molecule has 0 amide bonds. The van der Waals surface area contributed by atoms with Gasteiger partial charge in [0.05, 0.1) is 6.10 Å². The molecule has 112 valence electrons. The molecule has 1 aliphatic heterocycles. The fraction of sp³-hybridized carbons (Fsp3) is 0.882. The number of thioether (sulfide) groups is 1. The Hall–Kier alpha value is 0.0500. The maximum Gasteiger partial charge on any atom is 0.105 e. The average molecular weight is 285 g/mol. The monoisotopic (exact) mass is 284 g/mol. The summed E-state index contributed by atoms with van der Waals surface area (Å²) in [5.74, 6) is 3.66. The van der Waals surface area contributed by atoms with Crippen molar-refractivity contribution in [2.45, 2.75) is 65.9 Å². The van der Waals surface area contributed by atoms with Crippen LogP contribution in [0.25, 0.3) is 0 Å². The molecule has 1 rings (SSSR count). The van der Waals surface area contributed by atoms with Gasteiger partial charge in [-0.25, -0.2) is 0 Å². The van der Waals surface area contributed by atoms with Crippen LogP contribution in [0.4, 0.5) is 0 Å². The number of rotatable bonds is 3. The van der Waals surface area contributed by atoms with E-state index in [1.54, 1.807) is 0 Å². The Kier molecular flexibility index (Phi) is 7.53. The minimum atomic E-state index is 0.347. The largest absolute Gasteiger partial charge is 0.364 e. The zero-order valence-electron chi connectivity index (χ0n) is 13.6. The first-order chi connectivity index (χ1) is 8.93. The summed E-state index contributed by atoms with van der Waals surface area (Å²) in [6.45, 7) is 13.8. The van der Waals surface area contributed by atoms with Gasteiger partial charge in [-0.05, 0) is 42.3 Å². The predicted octanol–water partition coefficient (Wildman–Crippen LogP) is 5.37. The smallest absolute Gasteiger partial charge is 0.105 e. The maximum atomic E-state index is 6.55. The van der Waals surface area contributed by atoms with Gasteiger partial charge in [0, 0.05) is 0 Å². The van der Waals surface area contributed by atoms with Crippen molar-refractivity contribution in [2.75, 3.05) is 5.75 Å². The molecule has 0 saturated heterocycles. The Labute approximate surface area is 124 Å². The van der Waals surface area contributed by atoms with Crippen LogP contribution < -0.4 is 0 Å². The summed E-state index contributed by atoms with van der Waals surface area (Å²) in [4.78, 5) is 0. The van der Waals surface area contributed by atoms with Crippen LogP contribution in [0, 0.1) is 23.7 Å². The van der Waals surface area contributed by atoms with Gasteiger partial charge >= 0.3 is 0 Å². The molecule has 2 heteroatoms. The standard InChI is InChI=1S/C17H32OS/c1-12(2)15-10-8-7-9-11-19-17(14(5)6)18-16(15)13(3)4/h7-8,12-17H,9-11H2,1-6H3/b8-7-. The molecule has 0 bridgehead atoms. The summed E-state index contributed by atoms with van der Waals surface area (Å²) >= 11 is 1.99. The predicted molar refractivity (Wildman–Crippen MR) is 87.5 cm³/mol. The lowest BCUT2D eigenvalue weighted by atomic mass is 9.82. The number of hydrogen-bond acceptors (Lipinski definition) is 2. The number of ether oxygens (including phenoxy) is 1. The van der Waals surface area contributed by atoms with Crippen molar-refractivity contribution in [3.05, 3.63) is 12.2 Å². The van der Waals surface area contributed by atoms with Crippen LogP contribution >= 0.6 is 11.8 Å². The highest BCUT2D eigenvalue weighted by atomic mass is 32.2. The van der Waals surface area contributed by atoms with Crippen molar-refractivity contribution in [3.8, 4) is 0 Å². The minimum absolute atomic E-state index is 0.347. The molecule has 0 aromatic carbocycles. The molecule has 0 spiro atoms. The molecule has 0 saturated carbocycles. The van der Waals surface area contributed by atoms with Gasteiger partial charge in [0.1, 0.15) is 5.44 Å². The molecule has 3 unspecified atom stereocenters. The highest BCUT2D eigenvalue weighted by molar-refractivity contribution is 7.99. The van der Waals surface area contributed by atoms with E-state index in [1.165, 1.54) is 12.2 Å². The van der Waals surface area contributed by atoms with Gasteiger partial charge in [-0.2, -0.15) is 0 Å². The third-order valence-corrected chi connectivity index (χ3v) is 5.37. The highest BCUT2D eigenvalue weighted by Gasteiger charge is 2.31. The molecule has 0 fully saturated rings. The van der Waals surface area contributed by atoms with Gasteiger partial charge in [-0.3, -0.25) is 0 Å². The van der Waals surface area contributed by atoms with E-state index in [4.69, 9.17) is 4.74 Å². The lowest BCUT2D eigenvalue weighted by Gasteiger charge is -2.37. The first-order valence-corrected chi connectivity index (χ1v) is 8.90. The summed E-state index contributed by atoms with van der Waals surface area (Å²) in [5, 5.41) is 0. The minimum Gasteiger partial charge on any atom is -0.364 e. The number of hydrogen-bond donors (Lipinski definition) is 0. The average Bonchev–Trinajstić information content (AvgIpc) is 2.33. The van der Waals surface area contributed by atoms with Crippen molar-refractivity contribution in [1.82, 2.24) is 0 Å². The molecule has 0 N–H and O–H groups in total. The molecule has 0 radical (unpaired) electrons. The van der Waals surface area contributed by atoms with Gasteiger partial charge in [0.15, 0.2) is 0 Å². The summed E-state index contributed by atoms with van der Waals surface area (Å²) < 4.78 is 6.55. The zero-order valence-corrected chi connectivity index (χ0v) is 14.4. The molecular formula is C17H32OS. The second-order valence-corrected chi connectivity index (χ2v) is 7.94. The third kappa shape index (κ3) is 5.51. The van der Waals surface area contributed by atoms with Gasteiger partial charge in [0.2, 0.25) is 0 Å². The van der Waals surface area contributed by atoms with E-state index in [0.29, 0.717) is 35.2 Å². The van der Waals surface area contributed by atoms with Gasteiger partial charge in [0.25, 0.3) is 0 Å². The first-order valence-electron chi connectivity index (χ1n) is 7.85. The zero-order chi connectivity index (χ0) is 14.4. The molecule has 0 aromatic rings. The van der Waals surface area contributed by atoms with E-state index in [2.05, 4.69) is 53.7 Å². The first kappa shape index (κ1) is 17.1. The van der Waals surface area contributed by atoms with E-state index < -0.39 is 0 Å². The van der Waals surface area contributed by atoms with Crippen LogP contribution in [0.15, 0.2) is 12.2 Å². The molecule has 0 aromatic heterocycles. The Bertz CT molecular complexity index is 270. The van der Waals surface area contributed by atoms with Gasteiger partial charge in [-0.1, -0.05) is 53.7 Å². The van der Waals surface area contributed by atoms with Gasteiger partial charge in [-0.15, -0.1) is 11.8 Å². The van der Waals surface area contributed by atoms with Crippen molar-refractivity contribution in [2.24, 2.45) is 23.7 Å². The Morgan fingerprint density at radius 1 is 0.947 bits per heavy atom. The van der Waals surface area contributed by atoms with Crippen molar-refractivity contribution in [1.29, 1.82) is 0 Å². The van der Waals surface area contributed by atoms with Crippen LogP contribution in [0.5, 0.6) is 0 Å². The maximum absolute atomic E-state index is 6.55. The van der Waals surface area contributed by atoms with Crippen LogP contribution in [0.3, 0.4) is 0 Å². The van der Waals surface area contributed by atoms with Crippen LogP contribution in [-0.2, 0) is 4.74 Å². The van der Waals surface area contributed by atoms with Gasteiger partial charge < -0.3 is 4.74 Å². The van der Waals surface area contributed by atoms with Crippen LogP contribution in [0.1, 0.15) is 54.4 Å². The van der Waals surface area contributed by atoms with Crippen LogP contribution in [-0.4, -0.2) is 17.3 Å². The lowest BCUT2D eigenvalue weighted by Crippen LogP contribution is -2.37. The summed E-state index contributed by atoms with van der Waals surface area (Å²) in [6.07, 6.45) is 7.45. The molecular weight excluding hydrogens is 252 g/mol. The molecule has 1 aliphatic rings. The fourth-order valence-electron chi connectivity index (χ4n) is 2.71. The second kappa shape index (κ2) is 8.36.